The highest BCUT2D eigenvalue weighted by atomic mass is 35.5. The Hall–Kier alpha value is -1.87. The van der Waals surface area contributed by atoms with Crippen molar-refractivity contribution >= 4 is 23.1 Å². The van der Waals surface area contributed by atoms with Crippen LogP contribution in [0.1, 0.15) is 27.0 Å². The van der Waals surface area contributed by atoms with Crippen LogP contribution in [-0.4, -0.2) is 5.78 Å². The summed E-state index contributed by atoms with van der Waals surface area (Å²) in [5.41, 5.74) is 8.18. The molecule has 0 atom stereocenters. The maximum atomic E-state index is 13.3. The van der Waals surface area contributed by atoms with E-state index in [0.717, 1.165) is 0 Å². The van der Waals surface area contributed by atoms with Crippen molar-refractivity contribution in [3.63, 3.8) is 0 Å². The van der Waals surface area contributed by atoms with Crippen LogP contribution in [0.4, 0.5) is 10.1 Å². The molecule has 0 aliphatic heterocycles. The first kappa shape index (κ1) is 13.6. The largest absolute Gasteiger partial charge is 0.398 e. The average molecular weight is 278 g/mol. The third-order valence-electron chi connectivity index (χ3n) is 2.98. The summed E-state index contributed by atoms with van der Waals surface area (Å²) in [6.07, 6.45) is 0. The number of aryl methyl sites for hydroxylation is 2. The molecule has 2 aromatic carbocycles. The van der Waals surface area contributed by atoms with Crippen LogP contribution >= 0.6 is 11.6 Å². The quantitative estimate of drug-likeness (QED) is 0.668. The molecule has 4 heteroatoms. The molecular weight excluding hydrogens is 265 g/mol. The monoisotopic (exact) mass is 277 g/mol. The van der Waals surface area contributed by atoms with Gasteiger partial charge in [-0.2, -0.15) is 0 Å². The topological polar surface area (TPSA) is 43.1 Å². The normalized spacial score (nSPS) is 10.5. The minimum absolute atomic E-state index is 0.218. The molecule has 0 aliphatic rings. The number of benzene rings is 2. The van der Waals surface area contributed by atoms with Crippen LogP contribution in [-0.2, 0) is 0 Å². The molecule has 98 valence electrons. The number of nitrogens with two attached hydrogens (primary N) is 1. The number of hydrogen-bond acceptors (Lipinski definition) is 2. The van der Waals surface area contributed by atoms with E-state index in [4.69, 9.17) is 17.3 Å². The Labute approximate surface area is 116 Å². The van der Waals surface area contributed by atoms with Crippen molar-refractivity contribution in [3.8, 4) is 0 Å². The lowest BCUT2D eigenvalue weighted by molar-refractivity contribution is 0.103. The van der Waals surface area contributed by atoms with E-state index < -0.39 is 0 Å². The summed E-state index contributed by atoms with van der Waals surface area (Å²) in [7, 11) is 0. The van der Waals surface area contributed by atoms with Gasteiger partial charge in [-0.3, -0.25) is 4.79 Å². The van der Waals surface area contributed by atoms with Gasteiger partial charge >= 0.3 is 0 Å². The second-order valence-corrected chi connectivity index (χ2v) is 4.91. The van der Waals surface area contributed by atoms with Gasteiger partial charge in [0, 0.05) is 21.8 Å². The molecule has 19 heavy (non-hydrogen) atoms. The summed E-state index contributed by atoms with van der Waals surface area (Å²) in [4.78, 5) is 12.5. The maximum absolute atomic E-state index is 13.3. The summed E-state index contributed by atoms with van der Waals surface area (Å²) >= 11 is 5.81. The van der Waals surface area contributed by atoms with Gasteiger partial charge in [-0.25, -0.2) is 4.39 Å². The number of rotatable bonds is 2. The molecule has 2 nitrogen and oxygen atoms in total. The number of carbonyl (C=O) groups is 1. The first-order valence-corrected chi connectivity index (χ1v) is 6.14. The Balaban J connectivity index is 2.56. The lowest BCUT2D eigenvalue weighted by Gasteiger charge is -2.11. The lowest BCUT2D eigenvalue weighted by Crippen LogP contribution is -2.09. The first-order valence-electron chi connectivity index (χ1n) is 5.76. The van der Waals surface area contributed by atoms with E-state index in [1.807, 2.05) is 0 Å². The average Bonchev–Trinajstić information content (AvgIpc) is 2.26. The summed E-state index contributed by atoms with van der Waals surface area (Å²) in [5.74, 6) is -0.570. The van der Waals surface area contributed by atoms with Crippen LogP contribution in [0.15, 0.2) is 30.3 Å². The van der Waals surface area contributed by atoms with E-state index in [-0.39, 0.29) is 11.6 Å². The van der Waals surface area contributed by atoms with Gasteiger partial charge in [-0.1, -0.05) is 11.6 Å². The molecular formula is C15H13ClFNO. The third-order valence-corrected chi connectivity index (χ3v) is 3.22. The summed E-state index contributed by atoms with van der Waals surface area (Å²) in [5, 5.41) is 0.474. The zero-order valence-corrected chi connectivity index (χ0v) is 11.4. The Kier molecular flexibility index (Phi) is 3.58. The van der Waals surface area contributed by atoms with Crippen molar-refractivity contribution < 1.29 is 9.18 Å². The van der Waals surface area contributed by atoms with Crippen LogP contribution in [0.25, 0.3) is 0 Å². The van der Waals surface area contributed by atoms with Crippen molar-refractivity contribution in [2.75, 3.05) is 5.73 Å². The van der Waals surface area contributed by atoms with Crippen molar-refractivity contribution in [2.24, 2.45) is 0 Å². The molecule has 2 rings (SSSR count). The van der Waals surface area contributed by atoms with E-state index in [0.29, 0.717) is 33.0 Å². The predicted octanol–water partition coefficient (Wildman–Crippen LogP) is 3.91. The van der Waals surface area contributed by atoms with Crippen LogP contribution in [0, 0.1) is 19.7 Å². The Morgan fingerprint density at radius 1 is 1.16 bits per heavy atom. The molecule has 0 radical (unpaired) electrons. The zero-order valence-electron chi connectivity index (χ0n) is 10.6. The van der Waals surface area contributed by atoms with E-state index in [2.05, 4.69) is 0 Å². The van der Waals surface area contributed by atoms with Gasteiger partial charge < -0.3 is 5.73 Å². The minimum atomic E-state index is -0.351. The number of halogens is 2. The highest BCUT2D eigenvalue weighted by Gasteiger charge is 2.17. The number of nitrogen functional groups attached to an aromatic ring is 1. The molecule has 0 spiro atoms. The predicted molar refractivity (Wildman–Crippen MR) is 75.2 cm³/mol. The van der Waals surface area contributed by atoms with Gasteiger partial charge in [-0.15, -0.1) is 0 Å². The highest BCUT2D eigenvalue weighted by molar-refractivity contribution is 6.31. The van der Waals surface area contributed by atoms with E-state index in [1.165, 1.54) is 18.2 Å². The van der Waals surface area contributed by atoms with Gasteiger partial charge in [0.2, 0.25) is 0 Å². The summed E-state index contributed by atoms with van der Waals surface area (Å²) < 4.78 is 13.3. The second kappa shape index (κ2) is 5.02. The summed E-state index contributed by atoms with van der Waals surface area (Å²) in [6.45, 7) is 3.41. The van der Waals surface area contributed by atoms with E-state index in [9.17, 15) is 9.18 Å². The van der Waals surface area contributed by atoms with E-state index >= 15 is 0 Å². The molecule has 0 aromatic heterocycles. The van der Waals surface area contributed by atoms with Crippen molar-refractivity contribution in [3.05, 3.63) is 63.4 Å². The molecule has 2 N–H and O–H groups in total. The van der Waals surface area contributed by atoms with Crippen molar-refractivity contribution in [2.45, 2.75) is 13.8 Å². The molecule has 2 aromatic rings. The molecule has 0 fully saturated rings. The number of ketones is 1. The molecule has 0 unspecified atom stereocenters. The SMILES string of the molecule is Cc1cc(F)cc(C)c1C(=O)c1ccc(Cl)cc1N. The Bertz CT molecular complexity index is 644. The van der Waals surface area contributed by atoms with Crippen LogP contribution < -0.4 is 5.73 Å². The molecule has 0 saturated heterocycles. The van der Waals surface area contributed by atoms with E-state index in [1.54, 1.807) is 26.0 Å². The molecule has 0 saturated carbocycles. The van der Waals surface area contributed by atoms with Gasteiger partial charge in [-0.05, 0) is 55.3 Å². The standard InChI is InChI=1S/C15H13ClFNO/c1-8-5-11(17)6-9(2)14(8)15(19)12-4-3-10(16)7-13(12)18/h3-7H,18H2,1-2H3. The fourth-order valence-electron chi connectivity index (χ4n) is 2.14. The van der Waals surface area contributed by atoms with Gasteiger partial charge in [0.1, 0.15) is 5.82 Å². The van der Waals surface area contributed by atoms with Gasteiger partial charge in [0.25, 0.3) is 0 Å². The lowest BCUT2D eigenvalue weighted by atomic mass is 9.94. The fraction of sp³-hybridized carbons (Fsp3) is 0.133. The maximum Gasteiger partial charge on any atom is 0.195 e. The molecule has 0 amide bonds. The Morgan fingerprint density at radius 2 is 1.74 bits per heavy atom. The number of anilines is 1. The fourth-order valence-corrected chi connectivity index (χ4v) is 2.32. The first-order chi connectivity index (χ1) is 8.90. The molecule has 0 heterocycles. The van der Waals surface area contributed by atoms with Crippen molar-refractivity contribution in [1.82, 2.24) is 0 Å². The minimum Gasteiger partial charge on any atom is -0.398 e. The van der Waals surface area contributed by atoms with Gasteiger partial charge in [0.15, 0.2) is 5.78 Å². The summed E-state index contributed by atoms with van der Waals surface area (Å²) in [6, 6.07) is 7.41. The van der Waals surface area contributed by atoms with Crippen LogP contribution in [0.2, 0.25) is 5.02 Å². The second-order valence-electron chi connectivity index (χ2n) is 4.48. The van der Waals surface area contributed by atoms with Crippen LogP contribution in [0.3, 0.4) is 0 Å². The molecule has 0 bridgehead atoms. The van der Waals surface area contributed by atoms with Crippen LogP contribution in [0.5, 0.6) is 0 Å². The number of carbonyl (C=O) groups excluding carboxylic acids is 1. The zero-order chi connectivity index (χ0) is 14.2. The third kappa shape index (κ3) is 2.61. The number of hydrogen-bond donors (Lipinski definition) is 1. The highest BCUT2D eigenvalue weighted by Crippen LogP contribution is 2.24. The Morgan fingerprint density at radius 3 is 2.26 bits per heavy atom. The molecule has 0 aliphatic carbocycles. The van der Waals surface area contributed by atoms with Gasteiger partial charge in [0.05, 0.1) is 0 Å². The van der Waals surface area contributed by atoms with Crippen molar-refractivity contribution in [1.29, 1.82) is 0 Å². The smallest absolute Gasteiger partial charge is 0.195 e.